The summed E-state index contributed by atoms with van der Waals surface area (Å²) in [5, 5.41) is 0. The minimum Gasteiger partial charge on any atom is -0.490 e. The van der Waals surface area contributed by atoms with Gasteiger partial charge in [-0.05, 0) is 60.8 Å². The van der Waals surface area contributed by atoms with Gasteiger partial charge in [0.1, 0.15) is 0 Å². The summed E-state index contributed by atoms with van der Waals surface area (Å²) in [7, 11) is 0. The van der Waals surface area contributed by atoms with E-state index < -0.39 is 11.6 Å². The Morgan fingerprint density at radius 2 is 1.31 bits per heavy atom. The summed E-state index contributed by atoms with van der Waals surface area (Å²) < 4.78 is 35.5. The van der Waals surface area contributed by atoms with Crippen LogP contribution in [0.5, 0.6) is 5.75 Å². The molecule has 2 aromatic carbocycles. The molecule has 35 heavy (non-hydrogen) atoms. The van der Waals surface area contributed by atoms with Crippen LogP contribution in [0.25, 0.3) is 11.1 Å². The molecular formula is C32H46F2O. The van der Waals surface area contributed by atoms with Gasteiger partial charge in [0.15, 0.2) is 11.6 Å². The van der Waals surface area contributed by atoms with Gasteiger partial charge in [-0.25, -0.2) is 4.39 Å². The molecule has 1 nitrogen and oxygen atoms in total. The Morgan fingerprint density at radius 3 is 2.03 bits per heavy atom. The predicted molar refractivity (Wildman–Crippen MR) is 144 cm³/mol. The first-order chi connectivity index (χ1) is 17.1. The van der Waals surface area contributed by atoms with E-state index in [2.05, 4.69) is 13.8 Å². The Kier molecular flexibility index (Phi) is 12.1. The maximum Gasteiger partial charge on any atom is 0.201 e. The number of ether oxygens (including phenoxy) is 1. The Labute approximate surface area is 212 Å². The number of hydrogen-bond acceptors (Lipinski definition) is 1. The summed E-state index contributed by atoms with van der Waals surface area (Å²) in [5.74, 6) is -0.367. The molecule has 0 N–H and O–H groups in total. The molecule has 0 aliphatic heterocycles. The fourth-order valence-corrected chi connectivity index (χ4v) is 5.40. The maximum absolute atomic E-state index is 14.9. The van der Waals surface area contributed by atoms with E-state index in [1.54, 1.807) is 12.1 Å². The highest BCUT2D eigenvalue weighted by molar-refractivity contribution is 5.65. The molecule has 1 aliphatic carbocycles. The lowest BCUT2D eigenvalue weighted by Gasteiger charge is -2.28. The molecule has 1 aliphatic rings. The van der Waals surface area contributed by atoms with Crippen LogP contribution < -0.4 is 4.74 Å². The van der Waals surface area contributed by atoms with E-state index in [1.807, 2.05) is 24.3 Å². The van der Waals surface area contributed by atoms with Crippen molar-refractivity contribution in [2.75, 3.05) is 6.61 Å². The van der Waals surface area contributed by atoms with Gasteiger partial charge in [-0.3, -0.25) is 0 Å². The van der Waals surface area contributed by atoms with Gasteiger partial charge in [-0.1, -0.05) is 109 Å². The van der Waals surface area contributed by atoms with Gasteiger partial charge < -0.3 is 4.74 Å². The zero-order valence-corrected chi connectivity index (χ0v) is 22.1. The van der Waals surface area contributed by atoms with Crippen LogP contribution in [0.3, 0.4) is 0 Å². The number of hydrogen-bond donors (Lipinski definition) is 0. The van der Waals surface area contributed by atoms with E-state index in [9.17, 15) is 8.78 Å². The largest absolute Gasteiger partial charge is 0.490 e. The van der Waals surface area contributed by atoms with Gasteiger partial charge in [0.2, 0.25) is 5.82 Å². The van der Waals surface area contributed by atoms with E-state index in [1.165, 1.54) is 76.2 Å². The highest BCUT2D eigenvalue weighted by Crippen LogP contribution is 2.34. The van der Waals surface area contributed by atoms with Gasteiger partial charge in [0, 0.05) is 5.56 Å². The highest BCUT2D eigenvalue weighted by Gasteiger charge is 2.23. The highest BCUT2D eigenvalue weighted by atomic mass is 19.2. The summed E-state index contributed by atoms with van der Waals surface area (Å²) in [6.45, 7) is 4.93. The Bertz CT molecular complexity index is 853. The number of aryl methyl sites for hydroxylation is 1. The molecule has 3 heteroatoms. The molecule has 1 fully saturated rings. The number of halogens is 2. The third kappa shape index (κ3) is 8.92. The molecule has 0 aromatic heterocycles. The number of benzene rings is 2. The van der Waals surface area contributed by atoms with Crippen molar-refractivity contribution in [3.8, 4) is 16.9 Å². The van der Waals surface area contributed by atoms with Crippen LogP contribution >= 0.6 is 0 Å². The van der Waals surface area contributed by atoms with Crippen LogP contribution in [-0.4, -0.2) is 6.61 Å². The van der Waals surface area contributed by atoms with Gasteiger partial charge in [-0.15, -0.1) is 0 Å². The molecule has 194 valence electrons. The quantitative estimate of drug-likeness (QED) is 0.228. The van der Waals surface area contributed by atoms with Gasteiger partial charge in [-0.2, -0.15) is 4.39 Å². The van der Waals surface area contributed by atoms with Crippen molar-refractivity contribution >= 4 is 0 Å². The third-order valence-electron chi connectivity index (χ3n) is 7.79. The lowest BCUT2D eigenvalue weighted by molar-refractivity contribution is 0.172. The van der Waals surface area contributed by atoms with E-state index in [-0.39, 0.29) is 5.75 Å². The standard InChI is InChI=1S/C32H46F2O/c1-3-5-7-8-9-11-13-25-14-16-27(17-15-25)24-35-30-23-22-29(31(33)32(30)34)28-20-18-26(19-21-28)12-10-6-4-2/h18-23,25,27H,3-17,24H2,1-2H3. The number of unbranched alkanes of at least 4 members (excludes halogenated alkanes) is 7. The van der Waals surface area contributed by atoms with Crippen molar-refractivity contribution in [1.29, 1.82) is 0 Å². The van der Waals surface area contributed by atoms with Crippen LogP contribution in [0.4, 0.5) is 8.78 Å². The summed E-state index contributed by atoms with van der Waals surface area (Å²) >= 11 is 0. The van der Waals surface area contributed by atoms with Crippen LogP contribution in [0.2, 0.25) is 0 Å². The summed E-state index contributed by atoms with van der Waals surface area (Å²) in [5.41, 5.74) is 2.24. The van der Waals surface area contributed by atoms with Crippen molar-refractivity contribution in [1.82, 2.24) is 0 Å². The second-order valence-electron chi connectivity index (χ2n) is 10.6. The lowest BCUT2D eigenvalue weighted by Crippen LogP contribution is -2.20. The summed E-state index contributed by atoms with van der Waals surface area (Å²) in [4.78, 5) is 0. The number of rotatable bonds is 15. The van der Waals surface area contributed by atoms with E-state index in [0.29, 0.717) is 23.7 Å². The molecule has 0 atom stereocenters. The second-order valence-corrected chi connectivity index (χ2v) is 10.6. The first-order valence-corrected chi connectivity index (χ1v) is 14.3. The first-order valence-electron chi connectivity index (χ1n) is 14.3. The zero-order valence-electron chi connectivity index (χ0n) is 22.1. The SMILES string of the molecule is CCCCCCCCC1CCC(COc2ccc(-c3ccc(CCCCC)cc3)c(F)c2F)CC1. The molecule has 0 amide bonds. The minimum atomic E-state index is -0.869. The van der Waals surface area contributed by atoms with Crippen LogP contribution in [-0.2, 0) is 6.42 Å². The van der Waals surface area contributed by atoms with E-state index >= 15 is 0 Å². The van der Waals surface area contributed by atoms with Crippen molar-refractivity contribution in [3.63, 3.8) is 0 Å². The Morgan fingerprint density at radius 1 is 0.686 bits per heavy atom. The normalized spacial score (nSPS) is 18.1. The Balaban J connectivity index is 1.43. The molecule has 3 rings (SSSR count). The van der Waals surface area contributed by atoms with Gasteiger partial charge >= 0.3 is 0 Å². The molecule has 0 unspecified atom stereocenters. The van der Waals surface area contributed by atoms with E-state index in [4.69, 9.17) is 4.74 Å². The van der Waals surface area contributed by atoms with Crippen molar-refractivity contribution in [2.45, 2.75) is 110 Å². The fourth-order valence-electron chi connectivity index (χ4n) is 5.40. The van der Waals surface area contributed by atoms with Gasteiger partial charge in [0.25, 0.3) is 0 Å². The monoisotopic (exact) mass is 484 g/mol. The third-order valence-corrected chi connectivity index (χ3v) is 7.79. The molecule has 0 heterocycles. The molecule has 0 saturated heterocycles. The second kappa shape index (κ2) is 15.3. The minimum absolute atomic E-state index is 0.0386. The lowest BCUT2D eigenvalue weighted by atomic mass is 9.80. The topological polar surface area (TPSA) is 9.23 Å². The molecule has 0 bridgehead atoms. The molecule has 0 radical (unpaired) electrons. The average Bonchev–Trinajstić information content (AvgIpc) is 2.88. The zero-order chi connectivity index (χ0) is 24.9. The molecule has 2 aromatic rings. The van der Waals surface area contributed by atoms with Crippen LogP contribution in [0, 0.1) is 23.5 Å². The Hall–Kier alpha value is -1.90. The summed E-state index contributed by atoms with van der Waals surface area (Å²) in [6.07, 6.45) is 18.8. The molecule has 0 spiro atoms. The molecule has 1 saturated carbocycles. The maximum atomic E-state index is 14.9. The van der Waals surface area contributed by atoms with Gasteiger partial charge in [0.05, 0.1) is 6.61 Å². The van der Waals surface area contributed by atoms with Crippen molar-refractivity contribution in [3.05, 3.63) is 53.6 Å². The van der Waals surface area contributed by atoms with Crippen LogP contribution in [0.15, 0.2) is 36.4 Å². The smallest absolute Gasteiger partial charge is 0.201 e. The summed E-state index contributed by atoms with van der Waals surface area (Å²) in [6, 6.07) is 11.1. The van der Waals surface area contributed by atoms with E-state index in [0.717, 1.165) is 31.6 Å². The molecular weight excluding hydrogens is 438 g/mol. The fraction of sp³-hybridized carbons (Fsp3) is 0.625. The van der Waals surface area contributed by atoms with Crippen molar-refractivity contribution < 1.29 is 13.5 Å². The van der Waals surface area contributed by atoms with Crippen molar-refractivity contribution in [2.24, 2.45) is 11.8 Å². The average molecular weight is 485 g/mol. The first kappa shape index (κ1) is 27.7. The van der Waals surface area contributed by atoms with Crippen LogP contribution in [0.1, 0.15) is 109 Å². The predicted octanol–water partition coefficient (Wildman–Crippen LogP) is 10.3.